The smallest absolute Gasteiger partial charge is 0.378 e. The minimum Gasteiger partial charge on any atom is -0.378 e. The van der Waals surface area contributed by atoms with Crippen LogP contribution in [0.25, 0.3) is 0 Å². The van der Waals surface area contributed by atoms with E-state index in [4.69, 9.17) is 4.74 Å². The summed E-state index contributed by atoms with van der Waals surface area (Å²) in [4.78, 5) is 5.69. The third kappa shape index (κ3) is 5.23. The van der Waals surface area contributed by atoms with Gasteiger partial charge in [0.25, 0.3) is 0 Å². The first-order valence-electron chi connectivity index (χ1n) is 9.22. The van der Waals surface area contributed by atoms with Crippen LogP contribution in [0.4, 0.5) is 13.2 Å². The number of hydrogen-bond donors (Lipinski definition) is 2. The Kier molecular flexibility index (Phi) is 6.96. The fourth-order valence-corrected chi connectivity index (χ4v) is 3.84. The topological polar surface area (TPSA) is 48.9 Å². The SMILES string of the molecule is CCNC(=NCCN(C)CC(F)(F)F)NC1CC(OCC)C12CCC2. The lowest BCUT2D eigenvalue weighted by Crippen LogP contribution is -2.68. The second kappa shape index (κ2) is 8.58. The average molecular weight is 364 g/mol. The van der Waals surface area contributed by atoms with E-state index in [0.717, 1.165) is 19.6 Å². The Morgan fingerprint density at radius 2 is 2.04 bits per heavy atom. The predicted molar refractivity (Wildman–Crippen MR) is 92.8 cm³/mol. The molecule has 0 aromatic heterocycles. The van der Waals surface area contributed by atoms with E-state index in [1.165, 1.54) is 31.2 Å². The summed E-state index contributed by atoms with van der Waals surface area (Å²) in [6.45, 7) is 5.15. The third-order valence-corrected chi connectivity index (χ3v) is 5.29. The second-order valence-corrected chi connectivity index (χ2v) is 7.08. The molecule has 2 N–H and O–H groups in total. The maximum Gasteiger partial charge on any atom is 0.401 e. The van der Waals surface area contributed by atoms with Crippen molar-refractivity contribution in [1.29, 1.82) is 0 Å². The Morgan fingerprint density at radius 1 is 1.32 bits per heavy atom. The largest absolute Gasteiger partial charge is 0.401 e. The van der Waals surface area contributed by atoms with Crippen molar-refractivity contribution in [3.63, 3.8) is 0 Å². The number of aliphatic imine (C=N–C) groups is 1. The van der Waals surface area contributed by atoms with Gasteiger partial charge in [0.2, 0.25) is 0 Å². The highest BCUT2D eigenvalue weighted by Crippen LogP contribution is 2.57. The zero-order valence-electron chi connectivity index (χ0n) is 15.5. The molecule has 1 spiro atoms. The third-order valence-electron chi connectivity index (χ3n) is 5.29. The molecule has 0 amide bonds. The van der Waals surface area contributed by atoms with Crippen LogP contribution in [0.3, 0.4) is 0 Å². The lowest BCUT2D eigenvalue weighted by molar-refractivity contribution is -0.168. The molecule has 146 valence electrons. The van der Waals surface area contributed by atoms with Crippen molar-refractivity contribution in [3.05, 3.63) is 0 Å². The van der Waals surface area contributed by atoms with Gasteiger partial charge in [-0.15, -0.1) is 0 Å². The molecule has 0 heterocycles. The molecule has 0 saturated heterocycles. The van der Waals surface area contributed by atoms with Gasteiger partial charge >= 0.3 is 6.18 Å². The number of ether oxygens (including phenoxy) is 1. The second-order valence-electron chi connectivity index (χ2n) is 7.08. The van der Waals surface area contributed by atoms with Crippen LogP contribution in [-0.4, -0.2) is 69.0 Å². The first kappa shape index (κ1) is 20.3. The van der Waals surface area contributed by atoms with Gasteiger partial charge in [-0.05, 0) is 40.2 Å². The fourth-order valence-electron chi connectivity index (χ4n) is 3.84. The van der Waals surface area contributed by atoms with Crippen molar-refractivity contribution in [2.45, 2.75) is 57.9 Å². The Balaban J connectivity index is 1.84. The molecule has 0 aromatic rings. The maximum atomic E-state index is 12.4. The van der Waals surface area contributed by atoms with Gasteiger partial charge < -0.3 is 15.4 Å². The van der Waals surface area contributed by atoms with Gasteiger partial charge in [-0.1, -0.05) is 6.42 Å². The van der Waals surface area contributed by atoms with Crippen molar-refractivity contribution in [2.75, 3.05) is 39.8 Å². The van der Waals surface area contributed by atoms with Crippen LogP contribution >= 0.6 is 0 Å². The van der Waals surface area contributed by atoms with Crippen LogP contribution in [0.2, 0.25) is 0 Å². The number of nitrogens with one attached hydrogen (secondary N) is 2. The van der Waals surface area contributed by atoms with E-state index in [9.17, 15) is 13.2 Å². The molecule has 0 aliphatic heterocycles. The van der Waals surface area contributed by atoms with E-state index < -0.39 is 12.7 Å². The minimum atomic E-state index is -4.17. The summed E-state index contributed by atoms with van der Waals surface area (Å²) in [5, 5.41) is 6.67. The number of rotatable bonds is 8. The Morgan fingerprint density at radius 3 is 2.56 bits per heavy atom. The summed E-state index contributed by atoms with van der Waals surface area (Å²) in [6, 6.07) is 0.337. The Bertz CT molecular complexity index is 452. The van der Waals surface area contributed by atoms with Crippen LogP contribution < -0.4 is 10.6 Å². The predicted octanol–water partition coefficient (Wildman–Crippen LogP) is 2.38. The summed E-state index contributed by atoms with van der Waals surface area (Å²) < 4.78 is 42.9. The van der Waals surface area contributed by atoms with Crippen LogP contribution in [0.5, 0.6) is 0 Å². The number of nitrogens with zero attached hydrogens (tertiary/aromatic N) is 2. The number of halogens is 3. The van der Waals surface area contributed by atoms with E-state index in [-0.39, 0.29) is 12.0 Å². The van der Waals surface area contributed by atoms with Crippen molar-refractivity contribution in [3.8, 4) is 0 Å². The van der Waals surface area contributed by atoms with Crippen molar-refractivity contribution < 1.29 is 17.9 Å². The zero-order chi connectivity index (χ0) is 18.5. The molecule has 0 radical (unpaired) electrons. The lowest BCUT2D eigenvalue weighted by Gasteiger charge is -2.61. The monoisotopic (exact) mass is 364 g/mol. The van der Waals surface area contributed by atoms with Gasteiger partial charge in [0.05, 0.1) is 19.2 Å². The summed E-state index contributed by atoms with van der Waals surface area (Å²) in [5.74, 6) is 0.689. The summed E-state index contributed by atoms with van der Waals surface area (Å²) in [6.07, 6.45) is 0.693. The van der Waals surface area contributed by atoms with Crippen LogP contribution in [0.15, 0.2) is 4.99 Å². The van der Waals surface area contributed by atoms with Crippen molar-refractivity contribution >= 4 is 5.96 Å². The number of likely N-dealkylation sites (N-methyl/N-ethyl adjacent to an activating group) is 1. The first-order chi connectivity index (χ1) is 11.8. The van der Waals surface area contributed by atoms with Gasteiger partial charge in [0, 0.05) is 31.2 Å². The van der Waals surface area contributed by atoms with E-state index in [2.05, 4.69) is 15.6 Å². The molecule has 2 fully saturated rings. The maximum absolute atomic E-state index is 12.4. The van der Waals surface area contributed by atoms with E-state index in [1.54, 1.807) is 0 Å². The molecule has 2 rings (SSSR count). The molecule has 2 aliphatic carbocycles. The van der Waals surface area contributed by atoms with Crippen LogP contribution in [0, 0.1) is 5.41 Å². The highest BCUT2D eigenvalue weighted by molar-refractivity contribution is 5.80. The molecule has 0 bridgehead atoms. The van der Waals surface area contributed by atoms with Crippen LogP contribution in [0.1, 0.15) is 39.5 Å². The van der Waals surface area contributed by atoms with Gasteiger partial charge in [0.15, 0.2) is 5.96 Å². The average Bonchev–Trinajstić information content (AvgIpc) is 2.42. The Hall–Kier alpha value is -1.02. The molecule has 25 heavy (non-hydrogen) atoms. The van der Waals surface area contributed by atoms with Gasteiger partial charge in [0.1, 0.15) is 0 Å². The molecular weight excluding hydrogens is 333 g/mol. The highest BCUT2D eigenvalue weighted by atomic mass is 19.4. The van der Waals surface area contributed by atoms with E-state index in [0.29, 0.717) is 24.7 Å². The number of hydrogen-bond acceptors (Lipinski definition) is 3. The van der Waals surface area contributed by atoms with Crippen molar-refractivity contribution in [1.82, 2.24) is 15.5 Å². The summed E-state index contributed by atoms with van der Waals surface area (Å²) in [7, 11) is 1.46. The van der Waals surface area contributed by atoms with Crippen LogP contribution in [-0.2, 0) is 4.74 Å². The van der Waals surface area contributed by atoms with Crippen molar-refractivity contribution in [2.24, 2.45) is 10.4 Å². The molecule has 5 nitrogen and oxygen atoms in total. The molecule has 8 heteroatoms. The molecule has 2 atom stereocenters. The molecule has 2 saturated carbocycles. The molecule has 0 aromatic carbocycles. The summed E-state index contributed by atoms with van der Waals surface area (Å²) in [5.41, 5.74) is 0.222. The van der Waals surface area contributed by atoms with E-state index in [1.807, 2.05) is 13.8 Å². The molecule has 2 unspecified atom stereocenters. The number of guanidine groups is 1. The van der Waals surface area contributed by atoms with Gasteiger partial charge in [-0.2, -0.15) is 13.2 Å². The standard InChI is InChI=1S/C17H31F3N4O/c1-4-21-15(22-9-10-24(3)12-17(18,19)20)23-13-11-14(25-5-2)16(13)7-6-8-16/h13-14H,4-12H2,1-3H3,(H2,21,22,23). The van der Waals surface area contributed by atoms with Gasteiger partial charge in [-0.25, -0.2) is 0 Å². The Labute approximate surface area is 148 Å². The molecule has 2 aliphatic rings. The number of alkyl halides is 3. The highest BCUT2D eigenvalue weighted by Gasteiger charge is 2.59. The lowest BCUT2D eigenvalue weighted by atomic mass is 9.51. The first-order valence-corrected chi connectivity index (χ1v) is 9.22. The van der Waals surface area contributed by atoms with Gasteiger partial charge in [-0.3, -0.25) is 9.89 Å². The summed E-state index contributed by atoms with van der Waals surface area (Å²) >= 11 is 0. The fraction of sp³-hybridized carbons (Fsp3) is 0.941. The minimum absolute atomic E-state index is 0.222. The molecular formula is C17H31F3N4O. The zero-order valence-corrected chi connectivity index (χ0v) is 15.5. The van der Waals surface area contributed by atoms with E-state index >= 15 is 0 Å². The normalized spacial score (nSPS) is 25.6. The quantitative estimate of drug-likeness (QED) is 0.513.